The first-order valence-electron chi connectivity index (χ1n) is 9.22. The molecule has 0 amide bonds. The first-order valence-corrected chi connectivity index (χ1v) is 9.60. The second-order valence-corrected chi connectivity index (χ2v) is 7.24. The van der Waals surface area contributed by atoms with Crippen molar-refractivity contribution in [3.63, 3.8) is 0 Å². The minimum absolute atomic E-state index is 0.0154. The number of carbonyl (C=O) groups is 2. The lowest BCUT2D eigenvalue weighted by molar-refractivity contribution is 0.0695. The number of aromatic nitrogens is 1. The van der Waals surface area contributed by atoms with Crippen LogP contribution in [0.2, 0.25) is 5.02 Å². The number of nitrogen functional groups attached to an aromatic ring is 1. The Morgan fingerprint density at radius 1 is 1.09 bits per heavy atom. The van der Waals surface area contributed by atoms with Gasteiger partial charge in [-0.1, -0.05) is 17.7 Å². The zero-order valence-corrected chi connectivity index (χ0v) is 17.8. The number of anilines is 1. The summed E-state index contributed by atoms with van der Waals surface area (Å²) >= 11 is 6.03. The van der Waals surface area contributed by atoms with Crippen LogP contribution in [0.4, 0.5) is 5.82 Å². The third kappa shape index (κ3) is 4.37. The Balaban J connectivity index is 2.14. The number of ether oxygens (including phenoxy) is 2. The van der Waals surface area contributed by atoms with Gasteiger partial charge < -0.3 is 30.4 Å². The van der Waals surface area contributed by atoms with Gasteiger partial charge in [-0.2, -0.15) is 0 Å². The highest BCUT2D eigenvalue weighted by molar-refractivity contribution is 6.31. The predicted octanol–water partition coefficient (Wildman–Crippen LogP) is 3.57. The molecule has 0 aliphatic rings. The van der Waals surface area contributed by atoms with Crippen molar-refractivity contribution in [2.75, 3.05) is 12.8 Å². The second-order valence-electron chi connectivity index (χ2n) is 6.83. The van der Waals surface area contributed by atoms with Gasteiger partial charge in [-0.25, -0.2) is 9.59 Å². The van der Waals surface area contributed by atoms with Crippen LogP contribution in [0.1, 0.15) is 31.8 Å². The average Bonchev–Trinajstić information content (AvgIpc) is 2.73. The van der Waals surface area contributed by atoms with E-state index in [9.17, 15) is 24.6 Å². The number of nitrogens with two attached hydrogens (primary N) is 1. The number of H-pyrrole nitrogens is 1. The van der Waals surface area contributed by atoms with E-state index in [0.29, 0.717) is 22.1 Å². The maximum absolute atomic E-state index is 12.3. The Labute approximate surface area is 187 Å². The molecule has 0 saturated carbocycles. The standard InChI is InChI=1S/C22H19ClN2O7/c1-10-7-13(4-5-14(10)23)32-9-12-8-11(3-6-15(12)31-2)16-17(21(27)28)19(24)25-20(26)18(16)22(29)30/h3-8H,9H2,1-2H3,(H,27,28)(H,29,30)(H3,24,25,26). The number of halogens is 1. The van der Waals surface area contributed by atoms with Gasteiger partial charge in [0.2, 0.25) is 0 Å². The Morgan fingerprint density at radius 2 is 1.78 bits per heavy atom. The summed E-state index contributed by atoms with van der Waals surface area (Å²) in [6, 6.07) is 9.60. The second kappa shape index (κ2) is 9.03. The number of aryl methyl sites for hydroxylation is 1. The Hall–Kier alpha value is -3.98. The molecule has 0 atom stereocenters. The first-order chi connectivity index (χ1) is 15.1. The number of hydrogen-bond donors (Lipinski definition) is 4. The van der Waals surface area contributed by atoms with Gasteiger partial charge >= 0.3 is 11.9 Å². The topological polar surface area (TPSA) is 152 Å². The number of carboxylic acids is 2. The van der Waals surface area contributed by atoms with E-state index >= 15 is 0 Å². The molecule has 0 fully saturated rings. The minimum Gasteiger partial charge on any atom is -0.496 e. The van der Waals surface area contributed by atoms with Crippen LogP contribution in [-0.2, 0) is 6.61 Å². The molecule has 0 aliphatic carbocycles. The SMILES string of the molecule is COc1ccc(-c2c(C(=O)O)c(N)[nH]c(=O)c2C(=O)O)cc1COc1ccc(Cl)c(C)c1. The van der Waals surface area contributed by atoms with E-state index in [1.165, 1.54) is 25.3 Å². The van der Waals surface area contributed by atoms with Crippen LogP contribution in [-0.4, -0.2) is 34.2 Å². The predicted molar refractivity (Wildman–Crippen MR) is 118 cm³/mol. The van der Waals surface area contributed by atoms with Gasteiger partial charge in [0.05, 0.1) is 7.11 Å². The fraction of sp³-hybridized carbons (Fsp3) is 0.136. The Bertz CT molecular complexity index is 1280. The number of rotatable bonds is 7. The molecule has 166 valence electrons. The van der Waals surface area contributed by atoms with E-state index in [1.807, 2.05) is 6.92 Å². The fourth-order valence-electron chi connectivity index (χ4n) is 3.25. The molecule has 5 N–H and O–H groups in total. The molecular formula is C22H19ClN2O7. The summed E-state index contributed by atoms with van der Waals surface area (Å²) in [6.07, 6.45) is 0. The summed E-state index contributed by atoms with van der Waals surface area (Å²) in [4.78, 5) is 37.9. The van der Waals surface area contributed by atoms with Crippen molar-refractivity contribution in [1.82, 2.24) is 4.98 Å². The lowest BCUT2D eigenvalue weighted by Gasteiger charge is -2.16. The maximum atomic E-state index is 12.3. The van der Waals surface area contributed by atoms with Crippen LogP contribution in [0.15, 0.2) is 41.2 Å². The Kier molecular flexibility index (Phi) is 6.40. The van der Waals surface area contributed by atoms with Gasteiger partial charge in [0.25, 0.3) is 5.56 Å². The number of aromatic carboxylic acids is 2. The molecule has 0 unspecified atom stereocenters. The molecule has 2 aromatic carbocycles. The molecule has 10 heteroatoms. The monoisotopic (exact) mass is 458 g/mol. The van der Waals surface area contributed by atoms with Crippen molar-refractivity contribution < 1.29 is 29.3 Å². The van der Waals surface area contributed by atoms with Gasteiger partial charge in [0.15, 0.2) is 0 Å². The van der Waals surface area contributed by atoms with Crippen LogP contribution >= 0.6 is 11.6 Å². The molecule has 3 rings (SSSR count). The smallest absolute Gasteiger partial charge is 0.342 e. The van der Waals surface area contributed by atoms with Gasteiger partial charge in [0, 0.05) is 16.1 Å². The van der Waals surface area contributed by atoms with Crippen LogP contribution in [0.3, 0.4) is 0 Å². The number of hydrogen-bond acceptors (Lipinski definition) is 6. The number of methoxy groups -OCH3 is 1. The molecule has 0 saturated heterocycles. The van der Waals surface area contributed by atoms with Crippen molar-refractivity contribution in [3.05, 3.63) is 74.0 Å². The maximum Gasteiger partial charge on any atom is 0.342 e. The zero-order chi connectivity index (χ0) is 23.6. The number of carboxylic acid groups (broad SMARTS) is 2. The minimum atomic E-state index is -1.59. The highest BCUT2D eigenvalue weighted by Gasteiger charge is 2.27. The van der Waals surface area contributed by atoms with Gasteiger partial charge in [0.1, 0.15) is 35.1 Å². The van der Waals surface area contributed by atoms with Gasteiger partial charge in [-0.3, -0.25) is 4.79 Å². The van der Waals surface area contributed by atoms with Crippen LogP contribution in [0.5, 0.6) is 11.5 Å². The summed E-state index contributed by atoms with van der Waals surface area (Å²) in [7, 11) is 1.45. The van der Waals surface area contributed by atoms with E-state index in [1.54, 1.807) is 18.2 Å². The lowest BCUT2D eigenvalue weighted by atomic mass is 9.94. The number of benzene rings is 2. The van der Waals surface area contributed by atoms with Crippen molar-refractivity contribution in [2.24, 2.45) is 0 Å². The summed E-state index contributed by atoms with van der Waals surface area (Å²) in [5.41, 5.74) is 4.59. The molecule has 0 radical (unpaired) electrons. The molecule has 9 nitrogen and oxygen atoms in total. The van der Waals surface area contributed by atoms with Gasteiger partial charge in [-0.05, 0) is 48.4 Å². The number of nitrogens with one attached hydrogen (secondary N) is 1. The van der Waals surface area contributed by atoms with Gasteiger partial charge in [-0.15, -0.1) is 0 Å². The van der Waals surface area contributed by atoms with Crippen LogP contribution in [0, 0.1) is 6.92 Å². The normalized spacial score (nSPS) is 10.6. The van der Waals surface area contributed by atoms with Crippen molar-refractivity contribution in [2.45, 2.75) is 13.5 Å². The molecule has 1 heterocycles. The van der Waals surface area contributed by atoms with E-state index in [4.69, 9.17) is 26.8 Å². The van der Waals surface area contributed by atoms with Crippen molar-refractivity contribution in [1.29, 1.82) is 0 Å². The number of pyridine rings is 1. The molecule has 1 aromatic heterocycles. The third-order valence-corrected chi connectivity index (χ3v) is 5.19. The largest absolute Gasteiger partial charge is 0.496 e. The molecule has 3 aromatic rings. The molecule has 0 bridgehead atoms. The summed E-state index contributed by atoms with van der Waals surface area (Å²) in [5.74, 6) is -2.56. The summed E-state index contributed by atoms with van der Waals surface area (Å²) in [6.45, 7) is 1.84. The van der Waals surface area contributed by atoms with E-state index < -0.39 is 34.4 Å². The highest BCUT2D eigenvalue weighted by Crippen LogP contribution is 2.33. The third-order valence-electron chi connectivity index (χ3n) is 4.77. The van der Waals surface area contributed by atoms with Crippen LogP contribution < -0.4 is 20.8 Å². The molecule has 0 spiro atoms. The number of aromatic amines is 1. The molecule has 32 heavy (non-hydrogen) atoms. The van der Waals surface area contributed by atoms with Crippen LogP contribution in [0.25, 0.3) is 11.1 Å². The van der Waals surface area contributed by atoms with E-state index in [2.05, 4.69) is 4.98 Å². The van der Waals surface area contributed by atoms with Crippen molar-refractivity contribution >= 4 is 29.4 Å². The average molecular weight is 459 g/mol. The van der Waals surface area contributed by atoms with E-state index in [0.717, 1.165) is 5.56 Å². The lowest BCUT2D eigenvalue weighted by Crippen LogP contribution is -2.24. The zero-order valence-electron chi connectivity index (χ0n) is 17.1. The van der Waals surface area contributed by atoms with E-state index in [-0.39, 0.29) is 17.7 Å². The summed E-state index contributed by atoms with van der Waals surface area (Å²) in [5, 5.41) is 19.8. The molecule has 0 aliphatic heterocycles. The quantitative estimate of drug-likeness (QED) is 0.419. The first kappa shape index (κ1) is 22.7. The van der Waals surface area contributed by atoms with Crippen molar-refractivity contribution in [3.8, 4) is 22.6 Å². The Morgan fingerprint density at radius 3 is 2.38 bits per heavy atom. The molecular weight excluding hydrogens is 440 g/mol. The fourth-order valence-corrected chi connectivity index (χ4v) is 3.37. The highest BCUT2D eigenvalue weighted by atomic mass is 35.5. The summed E-state index contributed by atoms with van der Waals surface area (Å²) < 4.78 is 11.1.